The fourth-order valence-electron chi connectivity index (χ4n) is 2.28. The molecule has 0 spiro atoms. The molecule has 0 atom stereocenters. The molecule has 0 unspecified atom stereocenters. The Hall–Kier alpha value is -2.88. The van der Waals surface area contributed by atoms with Gasteiger partial charge in [0.05, 0.1) is 12.7 Å². The van der Waals surface area contributed by atoms with Crippen LogP contribution < -0.4 is 4.74 Å². The molecule has 0 bridgehead atoms. The van der Waals surface area contributed by atoms with E-state index in [0.717, 1.165) is 10.8 Å². The smallest absolute Gasteiger partial charge is 0.338 e. The molecule has 3 aromatic rings. The SMILES string of the molecule is COC(=O)c1ccc(Oc2ccc(F)cc2)c2ccccc12. The van der Waals surface area contributed by atoms with Crippen molar-refractivity contribution < 1.29 is 18.7 Å². The van der Waals surface area contributed by atoms with E-state index in [-0.39, 0.29) is 5.82 Å². The van der Waals surface area contributed by atoms with E-state index in [0.29, 0.717) is 17.1 Å². The molecule has 0 fully saturated rings. The molecule has 0 N–H and O–H groups in total. The van der Waals surface area contributed by atoms with E-state index in [1.165, 1.54) is 19.2 Å². The minimum Gasteiger partial charge on any atom is -0.465 e. The fourth-order valence-corrected chi connectivity index (χ4v) is 2.28. The number of hydrogen-bond acceptors (Lipinski definition) is 3. The number of carbonyl (C=O) groups excluding carboxylic acids is 1. The molecular formula is C18H13FO3. The summed E-state index contributed by atoms with van der Waals surface area (Å²) in [7, 11) is 1.35. The Morgan fingerprint density at radius 3 is 2.27 bits per heavy atom. The number of esters is 1. The zero-order chi connectivity index (χ0) is 15.5. The predicted molar refractivity (Wildman–Crippen MR) is 81.8 cm³/mol. The van der Waals surface area contributed by atoms with Crippen molar-refractivity contribution in [2.24, 2.45) is 0 Å². The Kier molecular flexibility index (Phi) is 3.74. The van der Waals surface area contributed by atoms with E-state index in [4.69, 9.17) is 9.47 Å². The summed E-state index contributed by atoms with van der Waals surface area (Å²) in [5.41, 5.74) is 0.476. The van der Waals surface area contributed by atoms with E-state index in [1.807, 2.05) is 24.3 Å². The number of hydrogen-bond donors (Lipinski definition) is 0. The van der Waals surface area contributed by atoms with Crippen LogP contribution in [0.1, 0.15) is 10.4 Å². The van der Waals surface area contributed by atoms with Crippen LogP contribution in [0.5, 0.6) is 11.5 Å². The monoisotopic (exact) mass is 296 g/mol. The maximum Gasteiger partial charge on any atom is 0.338 e. The van der Waals surface area contributed by atoms with Crippen molar-refractivity contribution in [1.82, 2.24) is 0 Å². The Morgan fingerprint density at radius 1 is 0.909 bits per heavy atom. The van der Waals surface area contributed by atoms with Crippen LogP contribution in [0.15, 0.2) is 60.7 Å². The van der Waals surface area contributed by atoms with E-state index in [1.54, 1.807) is 24.3 Å². The Labute approximate surface area is 126 Å². The third kappa shape index (κ3) is 2.63. The fraction of sp³-hybridized carbons (Fsp3) is 0.0556. The van der Waals surface area contributed by atoms with E-state index in [9.17, 15) is 9.18 Å². The molecule has 0 aliphatic rings. The van der Waals surface area contributed by atoms with Crippen LogP contribution in [0.25, 0.3) is 10.8 Å². The molecule has 0 amide bonds. The number of rotatable bonds is 3. The predicted octanol–water partition coefficient (Wildman–Crippen LogP) is 4.56. The minimum absolute atomic E-state index is 0.321. The lowest BCUT2D eigenvalue weighted by molar-refractivity contribution is 0.0603. The second-order valence-corrected chi connectivity index (χ2v) is 4.70. The topological polar surface area (TPSA) is 35.5 Å². The highest BCUT2D eigenvalue weighted by molar-refractivity contribution is 6.06. The molecule has 110 valence electrons. The summed E-state index contributed by atoms with van der Waals surface area (Å²) in [5, 5.41) is 1.53. The molecule has 4 heteroatoms. The molecule has 0 saturated carbocycles. The number of methoxy groups -OCH3 is 1. The van der Waals surface area contributed by atoms with E-state index < -0.39 is 5.97 Å². The van der Waals surface area contributed by atoms with Gasteiger partial charge in [0, 0.05) is 5.39 Å². The van der Waals surface area contributed by atoms with Crippen molar-refractivity contribution in [3.8, 4) is 11.5 Å². The van der Waals surface area contributed by atoms with Gasteiger partial charge < -0.3 is 9.47 Å². The Morgan fingerprint density at radius 2 is 1.59 bits per heavy atom. The van der Waals surface area contributed by atoms with Gasteiger partial charge in [-0.15, -0.1) is 0 Å². The second kappa shape index (κ2) is 5.85. The standard InChI is InChI=1S/C18H13FO3/c1-21-18(20)16-10-11-17(15-5-3-2-4-14(15)16)22-13-8-6-12(19)7-9-13/h2-11H,1H3. The van der Waals surface area contributed by atoms with Crippen LogP contribution >= 0.6 is 0 Å². The first-order valence-electron chi connectivity index (χ1n) is 6.72. The van der Waals surface area contributed by atoms with Crippen LogP contribution in [-0.2, 0) is 4.74 Å². The Balaban J connectivity index is 2.07. The summed E-state index contributed by atoms with van der Waals surface area (Å²) in [4.78, 5) is 11.8. The van der Waals surface area contributed by atoms with Crippen LogP contribution in [0, 0.1) is 5.82 Å². The summed E-state index contributed by atoms with van der Waals surface area (Å²) in [6.45, 7) is 0. The van der Waals surface area contributed by atoms with Gasteiger partial charge >= 0.3 is 5.97 Å². The third-order valence-electron chi connectivity index (χ3n) is 3.33. The molecule has 0 saturated heterocycles. The van der Waals surface area contributed by atoms with Crippen molar-refractivity contribution in [2.45, 2.75) is 0 Å². The largest absolute Gasteiger partial charge is 0.465 e. The summed E-state index contributed by atoms with van der Waals surface area (Å²) in [6, 6.07) is 16.5. The van der Waals surface area contributed by atoms with Crippen LogP contribution in [0.3, 0.4) is 0 Å². The summed E-state index contributed by atoms with van der Waals surface area (Å²) >= 11 is 0. The molecule has 3 nitrogen and oxygen atoms in total. The number of carbonyl (C=O) groups is 1. The molecule has 3 aromatic carbocycles. The first-order valence-corrected chi connectivity index (χ1v) is 6.72. The normalized spacial score (nSPS) is 10.5. The highest BCUT2D eigenvalue weighted by Gasteiger charge is 2.13. The van der Waals surface area contributed by atoms with Crippen molar-refractivity contribution in [1.29, 1.82) is 0 Å². The highest BCUT2D eigenvalue weighted by Crippen LogP contribution is 2.32. The zero-order valence-electron chi connectivity index (χ0n) is 11.9. The van der Waals surface area contributed by atoms with Crippen molar-refractivity contribution in [3.63, 3.8) is 0 Å². The lowest BCUT2D eigenvalue weighted by Crippen LogP contribution is -2.02. The molecular weight excluding hydrogens is 283 g/mol. The molecule has 0 radical (unpaired) electrons. The van der Waals surface area contributed by atoms with Crippen molar-refractivity contribution in [3.05, 3.63) is 72.0 Å². The van der Waals surface area contributed by atoms with E-state index >= 15 is 0 Å². The Bertz CT molecular complexity index is 825. The van der Waals surface area contributed by atoms with Gasteiger partial charge in [0.25, 0.3) is 0 Å². The van der Waals surface area contributed by atoms with E-state index in [2.05, 4.69) is 0 Å². The maximum absolute atomic E-state index is 13.0. The molecule has 0 aromatic heterocycles. The van der Waals surface area contributed by atoms with Crippen molar-refractivity contribution in [2.75, 3.05) is 7.11 Å². The quantitative estimate of drug-likeness (QED) is 0.665. The van der Waals surface area contributed by atoms with Gasteiger partial charge in [-0.2, -0.15) is 0 Å². The van der Waals surface area contributed by atoms with Gasteiger partial charge in [0.1, 0.15) is 17.3 Å². The highest BCUT2D eigenvalue weighted by atomic mass is 19.1. The number of fused-ring (bicyclic) bond motifs is 1. The second-order valence-electron chi connectivity index (χ2n) is 4.70. The van der Waals surface area contributed by atoms with Gasteiger partial charge in [-0.25, -0.2) is 9.18 Å². The molecule has 22 heavy (non-hydrogen) atoms. The van der Waals surface area contributed by atoms with Gasteiger partial charge in [0.2, 0.25) is 0 Å². The average molecular weight is 296 g/mol. The first kappa shape index (κ1) is 14.1. The zero-order valence-corrected chi connectivity index (χ0v) is 11.9. The maximum atomic E-state index is 13.0. The number of benzene rings is 3. The van der Waals surface area contributed by atoms with Gasteiger partial charge in [-0.3, -0.25) is 0 Å². The number of ether oxygens (including phenoxy) is 2. The third-order valence-corrected chi connectivity index (χ3v) is 3.33. The molecule has 0 heterocycles. The van der Waals surface area contributed by atoms with Gasteiger partial charge in [0.15, 0.2) is 0 Å². The lowest BCUT2D eigenvalue weighted by Gasteiger charge is -2.11. The van der Waals surface area contributed by atoms with Crippen LogP contribution in [-0.4, -0.2) is 13.1 Å². The lowest BCUT2D eigenvalue weighted by atomic mass is 10.0. The van der Waals surface area contributed by atoms with Gasteiger partial charge in [-0.05, 0) is 41.8 Å². The summed E-state index contributed by atoms with van der Waals surface area (Å²) in [5.74, 6) is 0.398. The van der Waals surface area contributed by atoms with Crippen LogP contribution in [0.2, 0.25) is 0 Å². The van der Waals surface area contributed by atoms with Gasteiger partial charge in [-0.1, -0.05) is 24.3 Å². The molecule has 0 aliphatic carbocycles. The van der Waals surface area contributed by atoms with Crippen molar-refractivity contribution >= 4 is 16.7 Å². The summed E-state index contributed by atoms with van der Waals surface area (Å²) < 4.78 is 23.5. The first-order chi connectivity index (χ1) is 10.7. The minimum atomic E-state index is -0.399. The average Bonchev–Trinajstić information content (AvgIpc) is 2.56. The molecule has 3 rings (SSSR count). The molecule has 0 aliphatic heterocycles. The number of halogens is 1. The summed E-state index contributed by atoms with van der Waals surface area (Å²) in [6.07, 6.45) is 0. The van der Waals surface area contributed by atoms with Crippen LogP contribution in [0.4, 0.5) is 4.39 Å².